The summed E-state index contributed by atoms with van der Waals surface area (Å²) in [5.41, 5.74) is -0.517. The smallest absolute Gasteiger partial charge is 0.243 e. The van der Waals surface area contributed by atoms with E-state index in [0.29, 0.717) is 31.5 Å². The Morgan fingerprint density at radius 3 is 2.64 bits per heavy atom. The van der Waals surface area contributed by atoms with Gasteiger partial charge < -0.3 is 10.0 Å². The lowest BCUT2D eigenvalue weighted by Crippen LogP contribution is -2.54. The summed E-state index contributed by atoms with van der Waals surface area (Å²) in [6, 6.07) is 3.78. The zero-order valence-electron chi connectivity index (χ0n) is 13.2. The van der Waals surface area contributed by atoms with Gasteiger partial charge in [-0.05, 0) is 57.6 Å². The minimum atomic E-state index is -3.80. The van der Waals surface area contributed by atoms with Gasteiger partial charge in [0.1, 0.15) is 5.82 Å². The molecule has 22 heavy (non-hydrogen) atoms. The molecule has 0 radical (unpaired) electrons. The number of likely N-dealkylation sites (N-methyl/N-ethyl adjacent to an activating group) is 1. The first-order valence-corrected chi connectivity index (χ1v) is 8.71. The van der Waals surface area contributed by atoms with Gasteiger partial charge >= 0.3 is 0 Å². The molecule has 0 amide bonds. The van der Waals surface area contributed by atoms with E-state index in [1.165, 1.54) is 16.4 Å². The van der Waals surface area contributed by atoms with Crippen LogP contribution in [0.15, 0.2) is 23.1 Å². The quantitative estimate of drug-likeness (QED) is 0.901. The number of nitrogens with zero attached hydrogens (tertiary/aromatic N) is 2. The van der Waals surface area contributed by atoms with Crippen LogP contribution in [-0.2, 0) is 10.0 Å². The molecule has 1 heterocycles. The number of hydrogen-bond donors (Lipinski definition) is 1. The van der Waals surface area contributed by atoms with E-state index >= 15 is 0 Å². The zero-order chi connectivity index (χ0) is 16.5. The fourth-order valence-electron chi connectivity index (χ4n) is 2.99. The maximum Gasteiger partial charge on any atom is 0.243 e. The monoisotopic (exact) mass is 330 g/mol. The van der Waals surface area contributed by atoms with Gasteiger partial charge in [-0.2, -0.15) is 4.31 Å². The highest BCUT2D eigenvalue weighted by atomic mass is 32.2. The fourth-order valence-corrected chi connectivity index (χ4v) is 4.67. The van der Waals surface area contributed by atoms with Gasteiger partial charge in [-0.3, -0.25) is 0 Å². The summed E-state index contributed by atoms with van der Waals surface area (Å²) < 4.78 is 40.2. The molecule has 1 aromatic rings. The number of rotatable bonds is 4. The number of aryl methyl sites for hydroxylation is 1. The van der Waals surface area contributed by atoms with Gasteiger partial charge in [0.25, 0.3) is 0 Å². The van der Waals surface area contributed by atoms with Crippen molar-refractivity contribution in [2.24, 2.45) is 0 Å². The number of piperidine rings is 1. The minimum absolute atomic E-state index is 0.0308. The number of sulfonamides is 1. The number of hydrogen-bond acceptors (Lipinski definition) is 4. The highest BCUT2D eigenvalue weighted by Crippen LogP contribution is 2.27. The molecular weight excluding hydrogens is 307 g/mol. The molecule has 0 bridgehead atoms. The van der Waals surface area contributed by atoms with Gasteiger partial charge in [0, 0.05) is 19.6 Å². The summed E-state index contributed by atoms with van der Waals surface area (Å²) in [6.45, 7) is 2.42. The van der Waals surface area contributed by atoms with E-state index in [1.54, 1.807) is 6.92 Å². The highest BCUT2D eigenvalue weighted by molar-refractivity contribution is 7.89. The second-order valence-corrected chi connectivity index (χ2v) is 8.31. The largest absolute Gasteiger partial charge is 0.387 e. The summed E-state index contributed by atoms with van der Waals surface area (Å²) >= 11 is 0. The Bertz CT molecular complexity index is 628. The molecule has 1 aliphatic heterocycles. The third-order valence-corrected chi connectivity index (χ3v) is 5.61. The van der Waals surface area contributed by atoms with Crippen molar-refractivity contribution in [1.29, 1.82) is 0 Å². The number of halogens is 1. The van der Waals surface area contributed by atoms with Crippen LogP contribution in [0.3, 0.4) is 0 Å². The van der Waals surface area contributed by atoms with Crippen LogP contribution in [-0.4, -0.2) is 62.1 Å². The van der Waals surface area contributed by atoms with Crippen molar-refractivity contribution in [3.8, 4) is 0 Å². The maximum absolute atomic E-state index is 13.5. The third-order valence-electron chi connectivity index (χ3n) is 3.78. The Morgan fingerprint density at radius 2 is 2.05 bits per heavy atom. The van der Waals surface area contributed by atoms with Crippen LogP contribution in [0.2, 0.25) is 0 Å². The Kier molecular flexibility index (Phi) is 4.91. The maximum atomic E-state index is 13.5. The minimum Gasteiger partial charge on any atom is -0.387 e. The van der Waals surface area contributed by atoms with Crippen LogP contribution in [0.1, 0.15) is 18.4 Å². The lowest BCUT2D eigenvalue weighted by atomic mass is 9.94. The molecule has 2 rings (SSSR count). The lowest BCUT2D eigenvalue weighted by Gasteiger charge is -2.39. The molecule has 1 aromatic carbocycles. The SMILES string of the molecule is Cc1cc(F)cc(S(=O)(=O)N2CCCC(O)(CN(C)C)C2)c1. The first-order valence-electron chi connectivity index (χ1n) is 7.27. The van der Waals surface area contributed by atoms with Gasteiger partial charge in [-0.15, -0.1) is 0 Å². The summed E-state index contributed by atoms with van der Waals surface area (Å²) in [4.78, 5) is 1.78. The Hall–Kier alpha value is -1.02. The van der Waals surface area contributed by atoms with E-state index in [9.17, 15) is 17.9 Å². The summed E-state index contributed by atoms with van der Waals surface area (Å²) in [7, 11) is -0.130. The van der Waals surface area contributed by atoms with E-state index in [2.05, 4.69) is 0 Å². The Morgan fingerprint density at radius 1 is 1.36 bits per heavy atom. The lowest BCUT2D eigenvalue weighted by molar-refractivity contribution is -0.0257. The number of β-amino-alcohol motifs (C(OH)–C–C–N with tert-alkyl or cyclic N) is 1. The van der Waals surface area contributed by atoms with Gasteiger partial charge in [0.2, 0.25) is 10.0 Å². The molecule has 0 aliphatic carbocycles. The fraction of sp³-hybridized carbons (Fsp3) is 0.600. The molecule has 1 saturated heterocycles. The molecule has 1 N–H and O–H groups in total. The summed E-state index contributed by atoms with van der Waals surface area (Å²) in [6.07, 6.45) is 1.14. The Labute approximate surface area is 131 Å². The molecule has 0 spiro atoms. The van der Waals surface area contributed by atoms with Crippen molar-refractivity contribution in [2.45, 2.75) is 30.3 Å². The topological polar surface area (TPSA) is 60.9 Å². The standard InChI is InChI=1S/C15H23FN2O3S/c1-12-7-13(16)9-14(8-12)22(20,21)18-6-4-5-15(19,11-18)10-17(2)3/h7-9,19H,4-6,10-11H2,1-3H3. The molecule has 1 fully saturated rings. The average molecular weight is 330 g/mol. The van der Waals surface area contributed by atoms with Gasteiger partial charge in [0.05, 0.1) is 10.5 Å². The first-order chi connectivity index (χ1) is 10.1. The number of benzene rings is 1. The highest BCUT2D eigenvalue weighted by Gasteiger charge is 2.39. The van der Waals surface area contributed by atoms with Crippen molar-refractivity contribution < 1.29 is 17.9 Å². The van der Waals surface area contributed by atoms with E-state index in [0.717, 1.165) is 6.07 Å². The van der Waals surface area contributed by atoms with Crippen molar-refractivity contribution in [2.75, 3.05) is 33.7 Å². The second kappa shape index (κ2) is 6.23. The molecule has 5 nitrogen and oxygen atoms in total. The molecule has 124 valence electrons. The normalized spacial score (nSPS) is 23.9. The molecular formula is C15H23FN2O3S. The second-order valence-electron chi connectivity index (χ2n) is 6.37. The van der Waals surface area contributed by atoms with Crippen LogP contribution >= 0.6 is 0 Å². The third kappa shape index (κ3) is 3.84. The van der Waals surface area contributed by atoms with E-state index in [-0.39, 0.29) is 11.4 Å². The van der Waals surface area contributed by atoms with Crippen molar-refractivity contribution >= 4 is 10.0 Å². The van der Waals surface area contributed by atoms with E-state index < -0.39 is 21.4 Å². The van der Waals surface area contributed by atoms with Crippen LogP contribution in [0, 0.1) is 12.7 Å². The average Bonchev–Trinajstić information content (AvgIpc) is 2.36. The first kappa shape index (κ1) is 17.3. The zero-order valence-corrected chi connectivity index (χ0v) is 14.0. The predicted molar refractivity (Wildman–Crippen MR) is 82.6 cm³/mol. The molecule has 0 aromatic heterocycles. The van der Waals surface area contributed by atoms with Gasteiger partial charge in [0.15, 0.2) is 0 Å². The molecule has 1 atom stereocenters. The molecule has 0 saturated carbocycles. The van der Waals surface area contributed by atoms with Gasteiger partial charge in [-0.1, -0.05) is 0 Å². The van der Waals surface area contributed by atoms with E-state index in [1.807, 2.05) is 19.0 Å². The van der Waals surface area contributed by atoms with Gasteiger partial charge in [-0.25, -0.2) is 12.8 Å². The van der Waals surface area contributed by atoms with Crippen molar-refractivity contribution in [1.82, 2.24) is 9.21 Å². The van der Waals surface area contributed by atoms with E-state index in [4.69, 9.17) is 0 Å². The van der Waals surface area contributed by atoms with Crippen LogP contribution in [0.25, 0.3) is 0 Å². The molecule has 1 unspecified atom stereocenters. The summed E-state index contributed by atoms with van der Waals surface area (Å²) in [5.74, 6) is -0.570. The Balaban J connectivity index is 2.29. The van der Waals surface area contributed by atoms with Crippen molar-refractivity contribution in [3.63, 3.8) is 0 Å². The predicted octanol–water partition coefficient (Wildman–Crippen LogP) is 1.21. The van der Waals surface area contributed by atoms with Crippen LogP contribution < -0.4 is 0 Å². The van der Waals surface area contributed by atoms with Crippen LogP contribution in [0.5, 0.6) is 0 Å². The van der Waals surface area contributed by atoms with Crippen LogP contribution in [0.4, 0.5) is 4.39 Å². The molecule has 7 heteroatoms. The number of aliphatic hydroxyl groups is 1. The summed E-state index contributed by atoms with van der Waals surface area (Å²) in [5, 5.41) is 10.6. The van der Waals surface area contributed by atoms with Crippen molar-refractivity contribution in [3.05, 3.63) is 29.6 Å². The molecule has 1 aliphatic rings.